The molecule has 0 radical (unpaired) electrons. The Kier molecular flexibility index (Phi) is 6.02. The van der Waals surface area contributed by atoms with Gasteiger partial charge in [0.15, 0.2) is 0 Å². The summed E-state index contributed by atoms with van der Waals surface area (Å²) in [5.74, 6) is 0. The maximum absolute atomic E-state index is 4.40. The van der Waals surface area contributed by atoms with Crippen molar-refractivity contribution in [3.63, 3.8) is 0 Å². The molecule has 0 aliphatic carbocycles. The average molecular weight is 206 g/mol. The second-order valence-electron chi connectivity index (χ2n) is 3.85. The lowest BCUT2D eigenvalue weighted by molar-refractivity contribution is 0.608. The molecule has 0 bridgehead atoms. The number of hydrogen-bond acceptors (Lipinski definition) is 2. The topological polar surface area (TPSA) is 24.9 Å². The molecule has 0 saturated heterocycles. The fraction of sp³-hybridized carbons (Fsp3) is 0.615. The number of unbranched alkanes of at least 4 members (excludes halogenated alkanes) is 2. The minimum atomic E-state index is 0.910. The first-order valence-electron chi connectivity index (χ1n) is 6.02. The van der Waals surface area contributed by atoms with Crippen molar-refractivity contribution >= 4 is 0 Å². The highest BCUT2D eigenvalue weighted by Crippen LogP contribution is 2.05. The van der Waals surface area contributed by atoms with Gasteiger partial charge < -0.3 is 5.32 Å². The zero-order valence-electron chi connectivity index (χ0n) is 9.92. The average Bonchev–Trinajstić information content (AvgIpc) is 2.29. The van der Waals surface area contributed by atoms with Gasteiger partial charge in [0.25, 0.3) is 0 Å². The summed E-state index contributed by atoms with van der Waals surface area (Å²) < 4.78 is 0. The van der Waals surface area contributed by atoms with E-state index in [2.05, 4.69) is 30.2 Å². The second-order valence-corrected chi connectivity index (χ2v) is 3.85. The Hall–Kier alpha value is -0.890. The lowest BCUT2D eigenvalue weighted by Crippen LogP contribution is -2.16. The van der Waals surface area contributed by atoms with E-state index in [-0.39, 0.29) is 0 Å². The quantitative estimate of drug-likeness (QED) is 0.694. The molecule has 15 heavy (non-hydrogen) atoms. The van der Waals surface area contributed by atoms with Crippen molar-refractivity contribution in [1.82, 2.24) is 10.3 Å². The molecule has 0 unspecified atom stereocenters. The van der Waals surface area contributed by atoms with Crippen LogP contribution in [0.5, 0.6) is 0 Å². The van der Waals surface area contributed by atoms with E-state index in [1.807, 2.05) is 12.3 Å². The standard InChI is InChI=1S/C13H22N2/c1-3-5-6-9-14-11-13-12(4-2)8-7-10-15-13/h7-8,10,14H,3-6,9,11H2,1-2H3. The van der Waals surface area contributed by atoms with Crippen LogP contribution in [0.4, 0.5) is 0 Å². The van der Waals surface area contributed by atoms with Gasteiger partial charge in [-0.2, -0.15) is 0 Å². The second kappa shape index (κ2) is 7.41. The van der Waals surface area contributed by atoms with E-state index in [1.165, 1.54) is 30.5 Å². The summed E-state index contributed by atoms with van der Waals surface area (Å²) in [4.78, 5) is 4.40. The van der Waals surface area contributed by atoms with Gasteiger partial charge in [-0.3, -0.25) is 4.98 Å². The summed E-state index contributed by atoms with van der Waals surface area (Å²) in [5, 5.41) is 3.45. The largest absolute Gasteiger partial charge is 0.311 e. The Labute approximate surface area is 93.1 Å². The minimum Gasteiger partial charge on any atom is -0.311 e. The zero-order valence-corrected chi connectivity index (χ0v) is 9.92. The molecule has 2 nitrogen and oxygen atoms in total. The Morgan fingerprint density at radius 3 is 2.87 bits per heavy atom. The molecule has 1 aromatic rings. The molecule has 0 saturated carbocycles. The van der Waals surface area contributed by atoms with Crippen LogP contribution in [0.15, 0.2) is 18.3 Å². The minimum absolute atomic E-state index is 0.910. The van der Waals surface area contributed by atoms with Crippen LogP contribution in [0.25, 0.3) is 0 Å². The number of hydrogen-bond donors (Lipinski definition) is 1. The third kappa shape index (κ3) is 4.43. The van der Waals surface area contributed by atoms with Crippen LogP contribution in [0.3, 0.4) is 0 Å². The first kappa shape index (κ1) is 12.2. The van der Waals surface area contributed by atoms with Crippen molar-refractivity contribution < 1.29 is 0 Å². The van der Waals surface area contributed by atoms with Crippen LogP contribution < -0.4 is 5.32 Å². The smallest absolute Gasteiger partial charge is 0.0573 e. The summed E-state index contributed by atoms with van der Waals surface area (Å²) >= 11 is 0. The molecular formula is C13H22N2. The third-order valence-corrected chi connectivity index (χ3v) is 2.61. The fourth-order valence-corrected chi connectivity index (χ4v) is 1.66. The molecule has 0 fully saturated rings. The molecule has 0 amide bonds. The summed E-state index contributed by atoms with van der Waals surface area (Å²) in [6, 6.07) is 4.18. The van der Waals surface area contributed by atoms with Crippen molar-refractivity contribution in [3.8, 4) is 0 Å². The van der Waals surface area contributed by atoms with Gasteiger partial charge in [-0.15, -0.1) is 0 Å². The fourth-order valence-electron chi connectivity index (χ4n) is 1.66. The molecule has 0 atom stereocenters. The van der Waals surface area contributed by atoms with Crippen LogP contribution in [-0.2, 0) is 13.0 Å². The van der Waals surface area contributed by atoms with E-state index >= 15 is 0 Å². The molecule has 0 aromatic carbocycles. The van der Waals surface area contributed by atoms with Crippen LogP contribution in [0.1, 0.15) is 44.4 Å². The predicted molar refractivity (Wildman–Crippen MR) is 64.8 cm³/mol. The normalized spacial score (nSPS) is 10.5. The molecular weight excluding hydrogens is 184 g/mol. The maximum Gasteiger partial charge on any atom is 0.0573 e. The number of nitrogens with zero attached hydrogens (tertiary/aromatic N) is 1. The van der Waals surface area contributed by atoms with Gasteiger partial charge >= 0.3 is 0 Å². The van der Waals surface area contributed by atoms with Gasteiger partial charge in [-0.05, 0) is 31.0 Å². The molecule has 2 heteroatoms. The highest BCUT2D eigenvalue weighted by Gasteiger charge is 1.99. The van der Waals surface area contributed by atoms with Crippen LogP contribution >= 0.6 is 0 Å². The molecule has 0 aliphatic heterocycles. The number of aryl methyl sites for hydroxylation is 1. The Morgan fingerprint density at radius 1 is 1.27 bits per heavy atom. The van der Waals surface area contributed by atoms with E-state index in [0.29, 0.717) is 0 Å². The SMILES string of the molecule is CCCCCNCc1ncccc1CC. The van der Waals surface area contributed by atoms with Crippen LogP contribution in [-0.4, -0.2) is 11.5 Å². The summed E-state index contributed by atoms with van der Waals surface area (Å²) in [5.41, 5.74) is 2.57. The van der Waals surface area contributed by atoms with Gasteiger partial charge in [0.05, 0.1) is 5.69 Å². The van der Waals surface area contributed by atoms with Crippen molar-refractivity contribution in [1.29, 1.82) is 0 Å². The molecule has 1 heterocycles. The zero-order chi connectivity index (χ0) is 10.9. The number of nitrogens with one attached hydrogen (secondary N) is 1. The highest BCUT2D eigenvalue weighted by atomic mass is 14.9. The van der Waals surface area contributed by atoms with E-state index in [9.17, 15) is 0 Å². The van der Waals surface area contributed by atoms with Crippen LogP contribution in [0, 0.1) is 0 Å². The summed E-state index contributed by atoms with van der Waals surface area (Å²) in [6.07, 6.45) is 6.81. The van der Waals surface area contributed by atoms with Crippen molar-refractivity contribution in [2.45, 2.75) is 46.1 Å². The van der Waals surface area contributed by atoms with E-state index < -0.39 is 0 Å². The Balaban J connectivity index is 2.30. The molecule has 1 rings (SSSR count). The summed E-state index contributed by atoms with van der Waals surface area (Å²) in [7, 11) is 0. The maximum atomic E-state index is 4.40. The first-order chi connectivity index (χ1) is 7.38. The van der Waals surface area contributed by atoms with Gasteiger partial charge in [-0.1, -0.05) is 32.8 Å². The van der Waals surface area contributed by atoms with Gasteiger partial charge in [0.2, 0.25) is 0 Å². The highest BCUT2D eigenvalue weighted by molar-refractivity contribution is 5.19. The summed E-state index contributed by atoms with van der Waals surface area (Å²) in [6.45, 7) is 6.42. The van der Waals surface area contributed by atoms with Gasteiger partial charge in [-0.25, -0.2) is 0 Å². The molecule has 0 spiro atoms. The molecule has 1 N–H and O–H groups in total. The van der Waals surface area contributed by atoms with Gasteiger partial charge in [0, 0.05) is 12.7 Å². The van der Waals surface area contributed by atoms with Crippen molar-refractivity contribution in [2.24, 2.45) is 0 Å². The molecule has 1 aromatic heterocycles. The predicted octanol–water partition coefficient (Wildman–Crippen LogP) is 2.92. The molecule has 0 aliphatic rings. The lowest BCUT2D eigenvalue weighted by atomic mass is 10.1. The van der Waals surface area contributed by atoms with E-state index in [4.69, 9.17) is 0 Å². The first-order valence-corrected chi connectivity index (χ1v) is 6.02. The van der Waals surface area contributed by atoms with E-state index in [1.54, 1.807) is 0 Å². The van der Waals surface area contributed by atoms with Crippen LogP contribution in [0.2, 0.25) is 0 Å². The molecule has 84 valence electrons. The lowest BCUT2D eigenvalue weighted by Gasteiger charge is -2.07. The van der Waals surface area contributed by atoms with E-state index in [0.717, 1.165) is 19.5 Å². The Morgan fingerprint density at radius 2 is 2.13 bits per heavy atom. The number of aromatic nitrogens is 1. The monoisotopic (exact) mass is 206 g/mol. The Bertz CT molecular complexity index is 271. The van der Waals surface area contributed by atoms with Gasteiger partial charge in [0.1, 0.15) is 0 Å². The number of pyridine rings is 1. The van der Waals surface area contributed by atoms with Crippen molar-refractivity contribution in [2.75, 3.05) is 6.54 Å². The van der Waals surface area contributed by atoms with Crippen molar-refractivity contribution in [3.05, 3.63) is 29.6 Å². The third-order valence-electron chi connectivity index (χ3n) is 2.61. The number of rotatable bonds is 7.